The molecule has 5 heteroatoms. The molecule has 0 fully saturated rings. The maximum atomic E-state index is 5.08. The van der Waals surface area contributed by atoms with Crippen molar-refractivity contribution in [2.24, 2.45) is 0 Å². The molecule has 0 saturated carbocycles. The van der Waals surface area contributed by atoms with Crippen LogP contribution in [0.4, 0.5) is 5.82 Å². The lowest BCUT2D eigenvalue weighted by atomic mass is 10.3. The zero-order chi connectivity index (χ0) is 12.9. The van der Waals surface area contributed by atoms with Crippen molar-refractivity contribution in [3.63, 3.8) is 0 Å². The van der Waals surface area contributed by atoms with E-state index in [1.165, 1.54) is 0 Å². The molecule has 4 nitrogen and oxygen atoms in total. The number of thioether (sulfide) groups is 1. The highest BCUT2D eigenvalue weighted by atomic mass is 32.2. The predicted molar refractivity (Wildman–Crippen MR) is 72.5 cm³/mol. The van der Waals surface area contributed by atoms with E-state index in [0.29, 0.717) is 6.61 Å². The molecule has 0 unspecified atom stereocenters. The third-order valence-electron chi connectivity index (χ3n) is 1.79. The van der Waals surface area contributed by atoms with E-state index in [0.717, 1.165) is 23.2 Å². The standard InChI is InChI=1S/C12H21N3OS/c1-6-13-9-7-11(17-12(2,3)4)15-10(14-9)8-16-5/h7H,6,8H2,1-5H3,(H,13,14,15). The third-order valence-corrected chi connectivity index (χ3v) is 2.82. The van der Waals surface area contributed by atoms with Crippen LogP contribution in [-0.4, -0.2) is 28.4 Å². The Morgan fingerprint density at radius 1 is 1.35 bits per heavy atom. The van der Waals surface area contributed by atoms with Crippen LogP contribution in [-0.2, 0) is 11.3 Å². The van der Waals surface area contributed by atoms with Crippen LogP contribution in [0.25, 0.3) is 0 Å². The van der Waals surface area contributed by atoms with E-state index in [9.17, 15) is 0 Å². The number of nitrogens with one attached hydrogen (secondary N) is 1. The highest BCUT2D eigenvalue weighted by molar-refractivity contribution is 8.00. The normalized spacial score (nSPS) is 11.6. The van der Waals surface area contributed by atoms with Gasteiger partial charge in [-0.2, -0.15) is 0 Å². The predicted octanol–water partition coefficient (Wildman–Crippen LogP) is 2.95. The monoisotopic (exact) mass is 255 g/mol. The van der Waals surface area contributed by atoms with Crippen LogP contribution in [0.3, 0.4) is 0 Å². The molecular formula is C12H21N3OS. The molecule has 1 aromatic rings. The molecule has 0 aliphatic heterocycles. The Morgan fingerprint density at radius 3 is 2.59 bits per heavy atom. The number of methoxy groups -OCH3 is 1. The van der Waals surface area contributed by atoms with Crippen molar-refractivity contribution in [1.82, 2.24) is 9.97 Å². The van der Waals surface area contributed by atoms with Crippen LogP contribution in [0.5, 0.6) is 0 Å². The van der Waals surface area contributed by atoms with Gasteiger partial charge in [0.15, 0.2) is 5.82 Å². The lowest BCUT2D eigenvalue weighted by Gasteiger charge is -2.17. The largest absolute Gasteiger partial charge is 0.377 e. The topological polar surface area (TPSA) is 47.0 Å². The second-order valence-corrected chi connectivity index (χ2v) is 6.53. The van der Waals surface area contributed by atoms with Crippen LogP contribution >= 0.6 is 11.8 Å². The molecule has 0 spiro atoms. The molecule has 1 heterocycles. The van der Waals surface area contributed by atoms with Gasteiger partial charge < -0.3 is 10.1 Å². The van der Waals surface area contributed by atoms with E-state index < -0.39 is 0 Å². The van der Waals surface area contributed by atoms with Gasteiger partial charge in [0.25, 0.3) is 0 Å². The van der Waals surface area contributed by atoms with Gasteiger partial charge in [0.1, 0.15) is 17.5 Å². The minimum Gasteiger partial charge on any atom is -0.377 e. The summed E-state index contributed by atoms with van der Waals surface area (Å²) in [5.74, 6) is 1.58. The van der Waals surface area contributed by atoms with Crippen molar-refractivity contribution >= 4 is 17.6 Å². The van der Waals surface area contributed by atoms with E-state index >= 15 is 0 Å². The first-order valence-electron chi connectivity index (χ1n) is 5.74. The van der Waals surface area contributed by atoms with Crippen LogP contribution in [0, 0.1) is 0 Å². The quantitative estimate of drug-likeness (QED) is 0.647. The van der Waals surface area contributed by atoms with E-state index in [4.69, 9.17) is 4.74 Å². The van der Waals surface area contributed by atoms with Crippen molar-refractivity contribution in [2.45, 2.75) is 44.1 Å². The second-order valence-electron chi connectivity index (χ2n) is 4.69. The molecule has 0 saturated heterocycles. The van der Waals surface area contributed by atoms with Crippen LogP contribution in [0.2, 0.25) is 0 Å². The molecule has 0 bridgehead atoms. The molecular weight excluding hydrogens is 234 g/mol. The summed E-state index contributed by atoms with van der Waals surface area (Å²) in [6.07, 6.45) is 0. The Morgan fingerprint density at radius 2 is 2.06 bits per heavy atom. The van der Waals surface area contributed by atoms with Crippen molar-refractivity contribution in [1.29, 1.82) is 0 Å². The molecule has 96 valence electrons. The summed E-state index contributed by atoms with van der Waals surface area (Å²) in [6.45, 7) is 9.85. The van der Waals surface area contributed by atoms with Crippen molar-refractivity contribution < 1.29 is 4.74 Å². The SMILES string of the molecule is CCNc1cc(SC(C)(C)C)nc(COC)n1. The Labute approximate surface area is 108 Å². The fourth-order valence-corrected chi connectivity index (χ4v) is 2.25. The summed E-state index contributed by atoms with van der Waals surface area (Å²) in [6, 6.07) is 1.98. The molecule has 0 aliphatic carbocycles. The summed E-state index contributed by atoms with van der Waals surface area (Å²) in [5, 5.41) is 4.19. The zero-order valence-electron chi connectivity index (χ0n) is 11.2. The van der Waals surface area contributed by atoms with Crippen molar-refractivity contribution in [3.05, 3.63) is 11.9 Å². The summed E-state index contributed by atoms with van der Waals surface area (Å²) in [7, 11) is 1.65. The Bertz CT molecular complexity index is 339. The first-order chi connectivity index (χ1) is 7.94. The summed E-state index contributed by atoms with van der Waals surface area (Å²) in [5.41, 5.74) is 0. The molecule has 0 radical (unpaired) electrons. The Hall–Kier alpha value is -0.810. The summed E-state index contributed by atoms with van der Waals surface area (Å²) in [4.78, 5) is 8.86. The highest BCUT2D eigenvalue weighted by Crippen LogP contribution is 2.31. The number of hydrogen-bond acceptors (Lipinski definition) is 5. The third kappa shape index (κ3) is 5.37. The average molecular weight is 255 g/mol. The van der Waals surface area contributed by atoms with Gasteiger partial charge in [-0.3, -0.25) is 0 Å². The van der Waals surface area contributed by atoms with E-state index in [-0.39, 0.29) is 4.75 Å². The lowest BCUT2D eigenvalue weighted by Crippen LogP contribution is -2.10. The smallest absolute Gasteiger partial charge is 0.157 e. The van der Waals surface area contributed by atoms with Crippen LogP contribution < -0.4 is 5.32 Å². The first kappa shape index (κ1) is 14.3. The number of nitrogens with zero attached hydrogens (tertiary/aromatic N) is 2. The number of rotatable bonds is 5. The average Bonchev–Trinajstić information content (AvgIpc) is 2.15. The highest BCUT2D eigenvalue weighted by Gasteiger charge is 2.14. The maximum Gasteiger partial charge on any atom is 0.157 e. The first-order valence-corrected chi connectivity index (χ1v) is 6.56. The van der Waals surface area contributed by atoms with Gasteiger partial charge in [0.05, 0.1) is 0 Å². The van der Waals surface area contributed by atoms with Gasteiger partial charge in [-0.1, -0.05) is 20.8 Å². The fourth-order valence-electron chi connectivity index (χ4n) is 1.30. The maximum absolute atomic E-state index is 5.08. The van der Waals surface area contributed by atoms with Gasteiger partial charge in [-0.05, 0) is 6.92 Å². The molecule has 0 aromatic carbocycles. The van der Waals surface area contributed by atoms with Crippen LogP contribution in [0.15, 0.2) is 11.1 Å². The molecule has 0 amide bonds. The molecule has 0 aliphatic rings. The summed E-state index contributed by atoms with van der Waals surface area (Å²) >= 11 is 1.73. The van der Waals surface area contributed by atoms with Gasteiger partial charge >= 0.3 is 0 Å². The number of ether oxygens (including phenoxy) is 1. The van der Waals surface area contributed by atoms with Gasteiger partial charge in [-0.15, -0.1) is 11.8 Å². The Kier molecular flexibility index (Phi) is 5.21. The van der Waals surface area contributed by atoms with Crippen molar-refractivity contribution in [3.8, 4) is 0 Å². The van der Waals surface area contributed by atoms with E-state index in [1.54, 1.807) is 18.9 Å². The molecule has 1 N–H and O–H groups in total. The fraction of sp³-hybridized carbons (Fsp3) is 0.667. The number of hydrogen-bond donors (Lipinski definition) is 1. The van der Waals surface area contributed by atoms with Gasteiger partial charge in [0, 0.05) is 24.5 Å². The van der Waals surface area contributed by atoms with E-state index in [1.807, 2.05) is 6.07 Å². The minimum absolute atomic E-state index is 0.141. The molecule has 17 heavy (non-hydrogen) atoms. The van der Waals surface area contributed by atoms with E-state index in [2.05, 4.69) is 43.0 Å². The molecule has 1 rings (SSSR count). The second kappa shape index (κ2) is 6.21. The van der Waals surface area contributed by atoms with Gasteiger partial charge in [0.2, 0.25) is 0 Å². The zero-order valence-corrected chi connectivity index (χ0v) is 12.0. The molecule has 0 atom stereocenters. The number of aromatic nitrogens is 2. The summed E-state index contributed by atoms with van der Waals surface area (Å²) < 4.78 is 5.23. The Balaban J connectivity index is 2.94. The van der Waals surface area contributed by atoms with Crippen molar-refractivity contribution in [2.75, 3.05) is 19.0 Å². The van der Waals surface area contributed by atoms with Gasteiger partial charge in [-0.25, -0.2) is 9.97 Å². The lowest BCUT2D eigenvalue weighted by molar-refractivity contribution is 0.177. The molecule has 1 aromatic heterocycles. The number of anilines is 1. The minimum atomic E-state index is 0.141. The van der Waals surface area contributed by atoms with Crippen LogP contribution in [0.1, 0.15) is 33.5 Å².